The van der Waals surface area contributed by atoms with Crippen LogP contribution in [0.4, 0.5) is 0 Å². The predicted octanol–water partition coefficient (Wildman–Crippen LogP) is 5.78. The first-order valence-corrected chi connectivity index (χ1v) is 18.8. The molecule has 28 heavy (non-hydrogen) atoms. The van der Waals surface area contributed by atoms with E-state index in [-0.39, 0.29) is 12.7 Å². The summed E-state index contributed by atoms with van der Waals surface area (Å²) in [6, 6.07) is 0. The van der Waals surface area contributed by atoms with Crippen molar-refractivity contribution >= 4 is 23.6 Å². The van der Waals surface area contributed by atoms with E-state index in [9.17, 15) is 0 Å². The molecule has 160 valence electrons. The van der Waals surface area contributed by atoms with Crippen LogP contribution in [0.25, 0.3) is 0 Å². The summed E-state index contributed by atoms with van der Waals surface area (Å²) in [5.41, 5.74) is 0.343. The maximum atomic E-state index is 7.02. The molecule has 0 unspecified atom stereocenters. The van der Waals surface area contributed by atoms with E-state index in [1.54, 1.807) is 0 Å². The minimum absolute atomic E-state index is 0.0239. The van der Waals surface area contributed by atoms with Crippen molar-refractivity contribution in [2.75, 3.05) is 0 Å². The summed E-state index contributed by atoms with van der Waals surface area (Å²) >= 11 is 0. The Morgan fingerprint density at radius 3 is 2.07 bits per heavy atom. The van der Waals surface area contributed by atoms with Crippen molar-refractivity contribution in [3.05, 3.63) is 0 Å². The normalized spacial score (nSPS) is 38.8. The van der Waals surface area contributed by atoms with E-state index >= 15 is 0 Å². The highest BCUT2D eigenvalue weighted by Gasteiger charge is 2.69. The average molecular weight is 422 g/mol. The van der Waals surface area contributed by atoms with Crippen molar-refractivity contribution in [2.24, 2.45) is 23.2 Å². The van der Waals surface area contributed by atoms with Crippen molar-refractivity contribution < 1.29 is 9.31 Å². The van der Waals surface area contributed by atoms with Gasteiger partial charge in [-0.25, -0.2) is 0 Å². The lowest BCUT2D eigenvalue weighted by Crippen LogP contribution is -2.68. The molecule has 1 saturated heterocycles. The van der Waals surface area contributed by atoms with Gasteiger partial charge in [0.05, 0.1) is 11.7 Å². The molecule has 2 bridgehead atoms. The van der Waals surface area contributed by atoms with Crippen molar-refractivity contribution in [1.29, 1.82) is 0 Å². The van der Waals surface area contributed by atoms with Crippen LogP contribution in [0, 0.1) is 23.2 Å². The Hall–Kier alpha value is 0.379. The molecule has 0 aromatic rings. The van der Waals surface area contributed by atoms with Crippen LogP contribution in [0.5, 0.6) is 0 Å². The zero-order valence-corrected chi connectivity index (χ0v) is 22.0. The highest BCUT2D eigenvalue weighted by atomic mass is 28.4. The second-order valence-electron chi connectivity index (χ2n) is 13.1. The van der Waals surface area contributed by atoms with Gasteiger partial charge in [0.25, 0.3) is 0 Å². The molecule has 1 aliphatic heterocycles. The number of hydrogen-bond acceptors (Lipinski definition) is 3. The van der Waals surface area contributed by atoms with E-state index in [0.717, 1.165) is 11.8 Å². The van der Waals surface area contributed by atoms with Gasteiger partial charge >= 0.3 is 7.12 Å². The molecule has 1 heterocycles. The van der Waals surface area contributed by atoms with Crippen molar-refractivity contribution in [3.63, 3.8) is 0 Å². The highest BCUT2D eigenvalue weighted by molar-refractivity contribution is 6.90. The summed E-state index contributed by atoms with van der Waals surface area (Å²) < 4.78 is 16.9. The molecule has 0 N–H and O–H groups in total. The third kappa shape index (κ3) is 3.33. The third-order valence-electron chi connectivity index (χ3n) is 8.86. The van der Waals surface area contributed by atoms with Crippen molar-refractivity contribution in [2.45, 2.75) is 116 Å². The molecule has 0 aromatic carbocycles. The highest BCUT2D eigenvalue weighted by Crippen LogP contribution is 2.66. The summed E-state index contributed by atoms with van der Waals surface area (Å²) in [7, 11) is -2.99. The topological polar surface area (TPSA) is 21.7 Å². The Kier molecular flexibility index (Phi) is 5.16. The van der Waals surface area contributed by atoms with E-state index < -0.39 is 16.5 Å². The van der Waals surface area contributed by atoms with Gasteiger partial charge < -0.3 is 13.5 Å². The standard InChI is InChI=1S/C22H44BNO2Si2/c1-21(2)17-14-18(21)22(3)19(15-17)25-23(26-22)20(13-16-11-10-12-16)24(27(4,5)6)28(7,8)9/h16-20H,10-15H2,1-9H3/t17-,18-,19-,20+,22+/m1/s1. The molecule has 0 radical (unpaired) electrons. The van der Waals surface area contributed by atoms with Gasteiger partial charge in [0.2, 0.25) is 0 Å². The van der Waals surface area contributed by atoms with Crippen molar-refractivity contribution in [1.82, 2.24) is 4.23 Å². The van der Waals surface area contributed by atoms with Crippen LogP contribution >= 0.6 is 0 Å². The lowest BCUT2D eigenvalue weighted by molar-refractivity contribution is -0.199. The summed E-state index contributed by atoms with van der Waals surface area (Å²) in [6.07, 6.45) is 8.37. The van der Waals surface area contributed by atoms with Gasteiger partial charge in [-0.15, -0.1) is 0 Å². The Morgan fingerprint density at radius 1 is 1.00 bits per heavy atom. The second-order valence-corrected chi connectivity index (χ2v) is 23.2. The second kappa shape index (κ2) is 6.69. The van der Waals surface area contributed by atoms with Crippen LogP contribution in [0.15, 0.2) is 0 Å². The van der Waals surface area contributed by atoms with E-state index in [1.807, 2.05) is 0 Å². The van der Waals surface area contributed by atoms with Crippen LogP contribution in [-0.4, -0.2) is 45.5 Å². The minimum atomic E-state index is -1.48. The van der Waals surface area contributed by atoms with Gasteiger partial charge in [-0.05, 0) is 49.4 Å². The summed E-state index contributed by atoms with van der Waals surface area (Å²) in [5.74, 6) is 2.82. The fourth-order valence-corrected chi connectivity index (χ4v) is 18.0. The SMILES string of the molecule is CC1(C)[C@@H]2C[C@H]1[C@]1(C)OB([C@H](CC3CCC3)N([Si](C)(C)C)[Si](C)(C)C)O[C@@H]1C2. The Morgan fingerprint density at radius 2 is 1.61 bits per heavy atom. The molecule has 0 spiro atoms. The molecule has 5 aliphatic rings. The van der Waals surface area contributed by atoms with Crippen LogP contribution in [0.1, 0.15) is 59.3 Å². The Bertz CT molecular complexity index is 599. The van der Waals surface area contributed by atoms with Gasteiger partial charge in [0.15, 0.2) is 0 Å². The van der Waals surface area contributed by atoms with E-state index in [0.29, 0.717) is 23.4 Å². The summed E-state index contributed by atoms with van der Waals surface area (Å²) in [4.78, 5) is 0. The maximum absolute atomic E-state index is 7.02. The molecule has 4 saturated carbocycles. The Labute approximate surface area is 176 Å². The maximum Gasteiger partial charge on any atom is 0.474 e. The van der Waals surface area contributed by atoms with Gasteiger partial charge in [-0.1, -0.05) is 72.4 Å². The number of nitrogens with zero attached hydrogens (tertiary/aromatic N) is 1. The van der Waals surface area contributed by atoms with Gasteiger partial charge in [-0.3, -0.25) is 0 Å². The van der Waals surface area contributed by atoms with Crippen LogP contribution in [0.2, 0.25) is 39.3 Å². The van der Waals surface area contributed by atoms with Crippen LogP contribution in [-0.2, 0) is 9.31 Å². The summed E-state index contributed by atoms with van der Waals surface area (Å²) in [5, 5.41) is 0. The van der Waals surface area contributed by atoms with Gasteiger partial charge in [-0.2, -0.15) is 0 Å². The average Bonchev–Trinajstić information content (AvgIpc) is 2.83. The lowest BCUT2D eigenvalue weighted by atomic mass is 9.43. The molecule has 5 atom stereocenters. The molecular formula is C22H44BNO2Si2. The first kappa shape index (κ1) is 21.6. The molecule has 0 amide bonds. The zero-order chi connectivity index (χ0) is 20.7. The van der Waals surface area contributed by atoms with Gasteiger partial charge in [0, 0.05) is 5.94 Å². The number of rotatable bonds is 6. The minimum Gasteiger partial charge on any atom is -0.404 e. The fraction of sp³-hybridized carbons (Fsp3) is 1.00. The largest absolute Gasteiger partial charge is 0.474 e. The first-order valence-electron chi connectivity index (χ1n) is 11.9. The zero-order valence-electron chi connectivity index (χ0n) is 20.0. The van der Waals surface area contributed by atoms with Crippen LogP contribution < -0.4 is 0 Å². The van der Waals surface area contributed by atoms with E-state index in [1.165, 1.54) is 38.5 Å². The molecular weight excluding hydrogens is 377 g/mol. The van der Waals surface area contributed by atoms with E-state index in [2.05, 4.69) is 64.3 Å². The molecule has 6 heteroatoms. The monoisotopic (exact) mass is 421 g/mol. The van der Waals surface area contributed by atoms with E-state index in [4.69, 9.17) is 9.31 Å². The molecule has 5 fully saturated rings. The smallest absolute Gasteiger partial charge is 0.404 e. The molecule has 5 rings (SSSR count). The number of hydrogen-bond donors (Lipinski definition) is 0. The predicted molar refractivity (Wildman–Crippen MR) is 124 cm³/mol. The quantitative estimate of drug-likeness (QED) is 0.507. The van der Waals surface area contributed by atoms with Crippen LogP contribution in [0.3, 0.4) is 0 Å². The lowest BCUT2D eigenvalue weighted by Gasteiger charge is -2.64. The third-order valence-corrected chi connectivity index (χ3v) is 16.4. The molecule has 4 aliphatic carbocycles. The van der Waals surface area contributed by atoms with Crippen molar-refractivity contribution in [3.8, 4) is 0 Å². The molecule has 0 aromatic heterocycles. The summed E-state index contributed by atoms with van der Waals surface area (Å²) in [6.45, 7) is 22.5. The fourth-order valence-electron chi connectivity index (χ4n) is 7.47. The van der Waals surface area contributed by atoms with Gasteiger partial charge in [0.1, 0.15) is 16.5 Å². The Balaban J connectivity index is 1.62. The first-order chi connectivity index (χ1) is 12.7. The molecule has 3 nitrogen and oxygen atoms in total.